The average Bonchev–Trinajstić information content (AvgIpc) is 2.24. The van der Waals surface area contributed by atoms with E-state index in [0.29, 0.717) is 5.92 Å². The molecule has 0 aliphatic rings. The second kappa shape index (κ2) is 5.79. The molecule has 6 heteroatoms. The number of sulfonamides is 1. The van der Waals surface area contributed by atoms with Gasteiger partial charge in [0.2, 0.25) is 10.0 Å². The summed E-state index contributed by atoms with van der Waals surface area (Å²) in [5.41, 5.74) is 6.92. The van der Waals surface area contributed by atoms with Gasteiger partial charge < -0.3 is 10.6 Å². The molecule has 0 fully saturated rings. The van der Waals surface area contributed by atoms with Crippen molar-refractivity contribution >= 4 is 21.4 Å². The molecule has 0 aromatic heterocycles. The molecule has 0 atom stereocenters. The maximum Gasteiger partial charge on any atom is 0.240 e. The van der Waals surface area contributed by atoms with Crippen LogP contribution in [0.4, 0.5) is 11.4 Å². The van der Waals surface area contributed by atoms with Crippen molar-refractivity contribution in [3.63, 3.8) is 0 Å². The van der Waals surface area contributed by atoms with E-state index in [1.807, 2.05) is 19.9 Å². The first-order valence-electron chi connectivity index (χ1n) is 6.32. The van der Waals surface area contributed by atoms with Crippen molar-refractivity contribution in [2.24, 2.45) is 11.1 Å². The van der Waals surface area contributed by atoms with Crippen LogP contribution in [-0.4, -0.2) is 21.0 Å². The van der Waals surface area contributed by atoms with E-state index in [9.17, 15) is 8.42 Å². The number of primary sulfonamides is 1. The zero-order valence-corrected chi connectivity index (χ0v) is 12.7. The molecule has 0 radical (unpaired) electrons. The summed E-state index contributed by atoms with van der Waals surface area (Å²) in [6.07, 6.45) is 0. The van der Waals surface area contributed by atoms with Gasteiger partial charge >= 0.3 is 0 Å². The summed E-state index contributed by atoms with van der Waals surface area (Å²) < 4.78 is 23.0. The molecule has 19 heavy (non-hydrogen) atoms. The molecule has 1 aromatic carbocycles. The van der Waals surface area contributed by atoms with E-state index < -0.39 is 10.0 Å². The Balaban J connectivity index is 3.33. The minimum Gasteiger partial charge on any atom is -0.396 e. The molecule has 0 heterocycles. The summed E-state index contributed by atoms with van der Waals surface area (Å²) in [7, 11) is -3.80. The van der Waals surface area contributed by atoms with Crippen LogP contribution in [0.25, 0.3) is 0 Å². The lowest BCUT2D eigenvalue weighted by Gasteiger charge is -2.32. The topological polar surface area (TPSA) is 89.4 Å². The molecular weight excluding hydrogens is 262 g/mol. The lowest BCUT2D eigenvalue weighted by molar-refractivity contribution is 0.571. The van der Waals surface area contributed by atoms with Crippen molar-refractivity contribution in [1.29, 1.82) is 0 Å². The van der Waals surface area contributed by atoms with Crippen LogP contribution in [-0.2, 0) is 10.0 Å². The van der Waals surface area contributed by atoms with Crippen molar-refractivity contribution in [2.45, 2.75) is 38.6 Å². The van der Waals surface area contributed by atoms with E-state index in [1.54, 1.807) is 6.07 Å². The quantitative estimate of drug-likeness (QED) is 0.807. The highest BCUT2D eigenvalue weighted by atomic mass is 32.2. The third kappa shape index (κ3) is 3.84. The maximum absolute atomic E-state index is 11.5. The largest absolute Gasteiger partial charge is 0.396 e. The molecule has 0 unspecified atom stereocenters. The zero-order chi connectivity index (χ0) is 14.8. The van der Waals surface area contributed by atoms with Gasteiger partial charge in [0.1, 0.15) is 4.90 Å². The lowest BCUT2D eigenvalue weighted by atomic mass is 10.1. The first-order chi connectivity index (χ1) is 8.64. The Hall–Kier alpha value is -1.27. The molecule has 1 aromatic rings. The second-order valence-electron chi connectivity index (χ2n) is 5.37. The summed E-state index contributed by atoms with van der Waals surface area (Å²) in [4.78, 5) is 2.08. The normalized spacial score (nSPS) is 12.2. The molecule has 0 spiro atoms. The standard InChI is InChI=1S/C13H23N3O2S/c1-9(2)8-16(10(3)4)11-6-5-7-12(13(11)14)19(15,17)18/h5-7,9-10H,8,14H2,1-4H3,(H2,15,17,18). The molecular formula is C13H23N3O2S. The summed E-state index contributed by atoms with van der Waals surface area (Å²) in [6.45, 7) is 9.11. The van der Waals surface area contributed by atoms with Crippen molar-refractivity contribution in [1.82, 2.24) is 0 Å². The monoisotopic (exact) mass is 285 g/mol. The number of nitrogen functional groups attached to an aromatic ring is 1. The van der Waals surface area contributed by atoms with Crippen LogP contribution >= 0.6 is 0 Å². The third-order valence-electron chi connectivity index (χ3n) is 2.84. The van der Waals surface area contributed by atoms with Crippen LogP contribution in [0.2, 0.25) is 0 Å². The molecule has 0 aliphatic heterocycles. The molecule has 5 nitrogen and oxygen atoms in total. The highest BCUT2D eigenvalue weighted by Crippen LogP contribution is 2.30. The van der Waals surface area contributed by atoms with E-state index >= 15 is 0 Å². The Morgan fingerprint density at radius 2 is 1.79 bits per heavy atom. The van der Waals surface area contributed by atoms with Gasteiger partial charge in [-0.05, 0) is 31.9 Å². The van der Waals surface area contributed by atoms with Crippen LogP contribution in [0.15, 0.2) is 23.1 Å². The number of nitrogens with two attached hydrogens (primary N) is 2. The predicted molar refractivity (Wildman–Crippen MR) is 79.5 cm³/mol. The highest BCUT2D eigenvalue weighted by molar-refractivity contribution is 7.89. The highest BCUT2D eigenvalue weighted by Gasteiger charge is 2.20. The fraction of sp³-hybridized carbons (Fsp3) is 0.538. The van der Waals surface area contributed by atoms with Crippen molar-refractivity contribution in [3.8, 4) is 0 Å². The van der Waals surface area contributed by atoms with Gasteiger partial charge in [-0.1, -0.05) is 19.9 Å². The number of nitrogens with zero attached hydrogens (tertiary/aromatic N) is 1. The number of hydrogen-bond donors (Lipinski definition) is 2. The SMILES string of the molecule is CC(C)CN(c1cccc(S(N)(=O)=O)c1N)C(C)C. The van der Waals surface area contributed by atoms with Crippen LogP contribution in [0, 0.1) is 5.92 Å². The number of hydrogen-bond acceptors (Lipinski definition) is 4. The Morgan fingerprint density at radius 3 is 2.21 bits per heavy atom. The molecule has 108 valence electrons. The number of anilines is 2. The lowest BCUT2D eigenvalue weighted by Crippen LogP contribution is -2.35. The molecule has 1 rings (SSSR count). The van der Waals surface area contributed by atoms with Gasteiger partial charge in [0.25, 0.3) is 0 Å². The van der Waals surface area contributed by atoms with Gasteiger partial charge in [0, 0.05) is 12.6 Å². The predicted octanol–water partition coefficient (Wildman–Crippen LogP) is 1.79. The van der Waals surface area contributed by atoms with Crippen LogP contribution < -0.4 is 15.8 Å². The van der Waals surface area contributed by atoms with Crippen LogP contribution in [0.5, 0.6) is 0 Å². The Morgan fingerprint density at radius 1 is 1.21 bits per heavy atom. The fourth-order valence-electron chi connectivity index (χ4n) is 2.01. The van der Waals surface area contributed by atoms with Gasteiger partial charge in [-0.25, -0.2) is 13.6 Å². The van der Waals surface area contributed by atoms with Crippen LogP contribution in [0.1, 0.15) is 27.7 Å². The molecule has 0 amide bonds. The fourth-order valence-corrected chi connectivity index (χ4v) is 2.69. The van der Waals surface area contributed by atoms with Gasteiger partial charge in [-0.2, -0.15) is 0 Å². The summed E-state index contributed by atoms with van der Waals surface area (Å²) in [5, 5.41) is 5.18. The first-order valence-corrected chi connectivity index (χ1v) is 7.87. The summed E-state index contributed by atoms with van der Waals surface area (Å²) >= 11 is 0. The van der Waals surface area contributed by atoms with Crippen LogP contribution in [0.3, 0.4) is 0 Å². The number of para-hydroxylation sites is 1. The number of benzene rings is 1. The molecule has 4 N–H and O–H groups in total. The molecule has 0 aliphatic carbocycles. The van der Waals surface area contributed by atoms with E-state index in [1.165, 1.54) is 6.07 Å². The Kier molecular flexibility index (Phi) is 4.81. The third-order valence-corrected chi connectivity index (χ3v) is 3.81. The number of rotatable bonds is 5. The van der Waals surface area contributed by atoms with E-state index in [2.05, 4.69) is 18.7 Å². The van der Waals surface area contributed by atoms with Gasteiger partial charge in [-0.15, -0.1) is 0 Å². The average molecular weight is 285 g/mol. The zero-order valence-electron chi connectivity index (χ0n) is 11.9. The van der Waals surface area contributed by atoms with E-state index in [4.69, 9.17) is 10.9 Å². The van der Waals surface area contributed by atoms with E-state index in [-0.39, 0.29) is 16.6 Å². The Bertz CT molecular complexity index is 539. The molecule has 0 bridgehead atoms. The molecule has 0 saturated heterocycles. The van der Waals surface area contributed by atoms with Gasteiger partial charge in [-0.3, -0.25) is 0 Å². The smallest absolute Gasteiger partial charge is 0.240 e. The second-order valence-corrected chi connectivity index (χ2v) is 6.90. The van der Waals surface area contributed by atoms with Gasteiger partial charge in [0.05, 0.1) is 11.4 Å². The maximum atomic E-state index is 11.5. The van der Waals surface area contributed by atoms with Gasteiger partial charge in [0.15, 0.2) is 0 Å². The summed E-state index contributed by atoms with van der Waals surface area (Å²) in [5.74, 6) is 0.444. The summed E-state index contributed by atoms with van der Waals surface area (Å²) in [6, 6.07) is 5.15. The van der Waals surface area contributed by atoms with Crippen molar-refractivity contribution < 1.29 is 8.42 Å². The van der Waals surface area contributed by atoms with E-state index in [0.717, 1.165) is 12.2 Å². The molecule has 0 saturated carbocycles. The van der Waals surface area contributed by atoms with Crippen molar-refractivity contribution in [3.05, 3.63) is 18.2 Å². The minimum atomic E-state index is -3.80. The first kappa shape index (κ1) is 15.8. The Labute approximate surface area is 115 Å². The van der Waals surface area contributed by atoms with Crippen molar-refractivity contribution in [2.75, 3.05) is 17.2 Å². The minimum absolute atomic E-state index is 0.0144.